The highest BCUT2D eigenvalue weighted by Gasteiger charge is 2.28. The molecular formula is C26H30N2O4S. The summed E-state index contributed by atoms with van der Waals surface area (Å²) in [5.41, 5.74) is 2.03. The van der Waals surface area contributed by atoms with Crippen LogP contribution in [0.5, 0.6) is 5.75 Å². The normalized spacial score (nSPS) is 14.9. The van der Waals surface area contributed by atoms with Crippen LogP contribution in [0.4, 0.5) is 0 Å². The molecule has 6 nitrogen and oxygen atoms in total. The third kappa shape index (κ3) is 4.89. The summed E-state index contributed by atoms with van der Waals surface area (Å²) in [5.74, 6) is 0.595. The molecule has 0 spiro atoms. The van der Waals surface area contributed by atoms with Crippen molar-refractivity contribution in [3.05, 3.63) is 71.3 Å². The average molecular weight is 467 g/mol. The Balaban J connectivity index is 1.55. The highest BCUT2D eigenvalue weighted by Crippen LogP contribution is 2.26. The van der Waals surface area contributed by atoms with Crippen molar-refractivity contribution in [1.29, 1.82) is 0 Å². The van der Waals surface area contributed by atoms with Gasteiger partial charge in [0, 0.05) is 32.2 Å². The van der Waals surface area contributed by atoms with Crippen molar-refractivity contribution in [2.75, 3.05) is 27.2 Å². The molecule has 33 heavy (non-hydrogen) atoms. The molecule has 0 N–H and O–H groups in total. The second-order valence-corrected chi connectivity index (χ2v) is 10.6. The number of carbonyl (C=O) groups excluding carboxylic acids is 1. The molecule has 4 rings (SSSR count). The summed E-state index contributed by atoms with van der Waals surface area (Å²) in [6.07, 6.45) is 2.80. The summed E-state index contributed by atoms with van der Waals surface area (Å²) in [4.78, 5) is 15.0. The first-order valence-corrected chi connectivity index (χ1v) is 12.7. The van der Waals surface area contributed by atoms with Gasteiger partial charge in [-0.05, 0) is 72.0 Å². The SMILES string of the molecule is COc1ccc2cc(CN(C)C(=O)c3ccc(C)c(S(=O)(=O)N4CCCCC4)c3)ccc2c1. The zero-order valence-corrected chi connectivity index (χ0v) is 20.2. The summed E-state index contributed by atoms with van der Waals surface area (Å²) in [6, 6.07) is 16.9. The van der Waals surface area contributed by atoms with Gasteiger partial charge >= 0.3 is 0 Å². The number of carbonyl (C=O) groups is 1. The topological polar surface area (TPSA) is 66.9 Å². The van der Waals surface area contributed by atoms with Crippen LogP contribution in [0.2, 0.25) is 0 Å². The molecule has 3 aromatic rings. The number of hydrogen-bond acceptors (Lipinski definition) is 4. The summed E-state index contributed by atoms with van der Waals surface area (Å²) < 4.78 is 33.2. The summed E-state index contributed by atoms with van der Waals surface area (Å²) in [7, 11) is -0.233. The minimum Gasteiger partial charge on any atom is -0.497 e. The Hall–Kier alpha value is -2.90. The Morgan fingerprint density at radius 2 is 1.67 bits per heavy atom. The van der Waals surface area contributed by atoms with Gasteiger partial charge in [-0.15, -0.1) is 0 Å². The number of methoxy groups -OCH3 is 1. The van der Waals surface area contributed by atoms with Gasteiger partial charge in [-0.1, -0.05) is 30.7 Å². The fourth-order valence-corrected chi connectivity index (χ4v) is 6.09. The van der Waals surface area contributed by atoms with Gasteiger partial charge in [-0.3, -0.25) is 4.79 Å². The number of aryl methyl sites for hydroxylation is 1. The van der Waals surface area contributed by atoms with Gasteiger partial charge in [-0.2, -0.15) is 4.31 Å². The Morgan fingerprint density at radius 3 is 2.39 bits per heavy atom. The van der Waals surface area contributed by atoms with Crippen LogP contribution >= 0.6 is 0 Å². The van der Waals surface area contributed by atoms with Crippen LogP contribution in [0, 0.1) is 6.92 Å². The number of ether oxygens (including phenoxy) is 1. The van der Waals surface area contributed by atoms with Crippen molar-refractivity contribution in [3.8, 4) is 5.75 Å². The first-order valence-electron chi connectivity index (χ1n) is 11.2. The zero-order chi connectivity index (χ0) is 23.6. The van der Waals surface area contributed by atoms with E-state index in [0.717, 1.165) is 41.3 Å². The molecule has 1 amide bonds. The van der Waals surface area contributed by atoms with Gasteiger partial charge in [-0.25, -0.2) is 8.42 Å². The van der Waals surface area contributed by atoms with Gasteiger partial charge in [0.05, 0.1) is 12.0 Å². The maximum atomic E-state index is 13.2. The summed E-state index contributed by atoms with van der Waals surface area (Å²) in [6.45, 7) is 3.27. The predicted octanol–water partition coefficient (Wildman–Crippen LogP) is 4.60. The van der Waals surface area contributed by atoms with E-state index in [-0.39, 0.29) is 10.8 Å². The largest absolute Gasteiger partial charge is 0.497 e. The molecule has 3 aromatic carbocycles. The Morgan fingerprint density at radius 1 is 0.970 bits per heavy atom. The lowest BCUT2D eigenvalue weighted by Crippen LogP contribution is -2.36. The van der Waals surface area contributed by atoms with Crippen LogP contribution in [0.3, 0.4) is 0 Å². The molecule has 0 bridgehead atoms. The van der Waals surface area contributed by atoms with E-state index in [1.807, 2.05) is 30.3 Å². The lowest BCUT2D eigenvalue weighted by atomic mass is 10.1. The first-order chi connectivity index (χ1) is 15.8. The van der Waals surface area contributed by atoms with Gasteiger partial charge in [0.15, 0.2) is 0 Å². The van der Waals surface area contributed by atoms with E-state index >= 15 is 0 Å². The van der Waals surface area contributed by atoms with Gasteiger partial charge in [0.25, 0.3) is 5.91 Å². The molecule has 1 aliphatic heterocycles. The standard InChI is InChI=1S/C26H30N2O4S/c1-19-7-9-23(17-25(19)33(30,31)28-13-5-4-6-14-28)26(29)27(2)18-20-8-10-22-16-24(32-3)12-11-21(22)15-20/h7-12,15-17H,4-6,13-14,18H2,1-3H3. The summed E-state index contributed by atoms with van der Waals surface area (Å²) in [5, 5.41) is 2.14. The number of benzene rings is 3. The minimum atomic E-state index is -3.61. The van der Waals surface area contributed by atoms with Crippen molar-refractivity contribution in [1.82, 2.24) is 9.21 Å². The molecule has 7 heteroatoms. The van der Waals surface area contributed by atoms with Crippen LogP contribution in [0.25, 0.3) is 10.8 Å². The van der Waals surface area contributed by atoms with Crippen LogP contribution in [0.1, 0.15) is 40.7 Å². The van der Waals surface area contributed by atoms with Crippen molar-refractivity contribution in [2.45, 2.75) is 37.6 Å². The van der Waals surface area contributed by atoms with Crippen LogP contribution < -0.4 is 4.74 Å². The molecule has 0 radical (unpaired) electrons. The van der Waals surface area contributed by atoms with Gasteiger partial charge in [0.1, 0.15) is 5.75 Å². The molecule has 0 atom stereocenters. The monoisotopic (exact) mass is 466 g/mol. The smallest absolute Gasteiger partial charge is 0.253 e. The molecule has 0 unspecified atom stereocenters. The van der Waals surface area contributed by atoms with Crippen LogP contribution in [-0.2, 0) is 16.6 Å². The molecule has 0 aliphatic carbocycles. The number of fused-ring (bicyclic) bond motifs is 1. The predicted molar refractivity (Wildman–Crippen MR) is 130 cm³/mol. The van der Waals surface area contributed by atoms with Crippen molar-refractivity contribution in [3.63, 3.8) is 0 Å². The van der Waals surface area contributed by atoms with Gasteiger partial charge < -0.3 is 9.64 Å². The molecule has 0 saturated carbocycles. The first kappa shape index (κ1) is 23.3. The Labute approximate surface area is 195 Å². The maximum absolute atomic E-state index is 13.2. The number of amides is 1. The molecule has 0 aromatic heterocycles. The van der Waals surface area contributed by atoms with Crippen molar-refractivity contribution in [2.24, 2.45) is 0 Å². The quantitative estimate of drug-likeness (QED) is 0.532. The molecule has 1 fully saturated rings. The van der Waals surface area contributed by atoms with E-state index in [2.05, 4.69) is 6.07 Å². The van der Waals surface area contributed by atoms with Gasteiger partial charge in [0.2, 0.25) is 10.0 Å². The van der Waals surface area contributed by atoms with E-state index in [4.69, 9.17) is 4.74 Å². The number of nitrogens with zero attached hydrogens (tertiary/aromatic N) is 2. The highest BCUT2D eigenvalue weighted by atomic mass is 32.2. The third-order valence-electron chi connectivity index (χ3n) is 6.25. The Kier molecular flexibility index (Phi) is 6.72. The molecule has 174 valence electrons. The minimum absolute atomic E-state index is 0.208. The highest BCUT2D eigenvalue weighted by molar-refractivity contribution is 7.89. The van der Waals surface area contributed by atoms with E-state index < -0.39 is 10.0 Å². The lowest BCUT2D eigenvalue weighted by Gasteiger charge is -2.27. The Bertz CT molecular complexity index is 1280. The number of rotatable bonds is 6. The molecule has 1 saturated heterocycles. The molecule has 1 aliphatic rings. The fraction of sp³-hybridized carbons (Fsp3) is 0.346. The second-order valence-electron chi connectivity index (χ2n) is 8.65. The van der Waals surface area contributed by atoms with E-state index in [0.29, 0.717) is 30.8 Å². The maximum Gasteiger partial charge on any atom is 0.253 e. The van der Waals surface area contributed by atoms with Crippen LogP contribution in [0.15, 0.2) is 59.5 Å². The van der Waals surface area contributed by atoms with E-state index in [1.165, 1.54) is 6.07 Å². The lowest BCUT2D eigenvalue weighted by molar-refractivity contribution is 0.0785. The number of hydrogen-bond donors (Lipinski definition) is 0. The second kappa shape index (κ2) is 9.53. The van der Waals surface area contributed by atoms with Crippen molar-refractivity contribution >= 4 is 26.7 Å². The molecular weight excluding hydrogens is 436 g/mol. The van der Waals surface area contributed by atoms with E-state index in [1.54, 1.807) is 42.4 Å². The zero-order valence-electron chi connectivity index (χ0n) is 19.4. The van der Waals surface area contributed by atoms with Crippen molar-refractivity contribution < 1.29 is 17.9 Å². The number of sulfonamides is 1. The molecule has 1 heterocycles. The van der Waals surface area contributed by atoms with E-state index in [9.17, 15) is 13.2 Å². The average Bonchev–Trinajstić information content (AvgIpc) is 2.84. The third-order valence-corrected chi connectivity index (χ3v) is 8.29. The fourth-order valence-electron chi connectivity index (χ4n) is 4.32. The summed E-state index contributed by atoms with van der Waals surface area (Å²) >= 11 is 0. The van der Waals surface area contributed by atoms with Crippen LogP contribution in [-0.4, -0.2) is 50.8 Å². The number of piperidine rings is 1.